The summed E-state index contributed by atoms with van der Waals surface area (Å²) in [6, 6.07) is 11.7. The van der Waals surface area contributed by atoms with Crippen molar-refractivity contribution in [1.82, 2.24) is 0 Å². The first-order chi connectivity index (χ1) is 8.54. The van der Waals surface area contributed by atoms with Crippen LogP contribution in [0.15, 0.2) is 42.5 Å². The molecule has 0 N–H and O–H groups in total. The molecule has 0 aliphatic carbocycles. The number of halogens is 3. The number of rotatable bonds is 3. The molecule has 18 heavy (non-hydrogen) atoms. The van der Waals surface area contributed by atoms with E-state index in [0.717, 1.165) is 11.6 Å². The van der Waals surface area contributed by atoms with E-state index in [4.69, 9.17) is 0 Å². The summed E-state index contributed by atoms with van der Waals surface area (Å²) in [4.78, 5) is -0.0931. The fourth-order valence-corrected chi connectivity index (χ4v) is 2.56. The van der Waals surface area contributed by atoms with Crippen molar-refractivity contribution in [3.8, 4) is 0 Å². The fraction of sp³-hybridized carbons (Fsp3) is 0.200. The molecule has 2 aromatic rings. The van der Waals surface area contributed by atoms with Gasteiger partial charge in [-0.05, 0) is 36.6 Å². The van der Waals surface area contributed by atoms with E-state index < -0.39 is 11.6 Å². The highest BCUT2D eigenvalue weighted by Gasteiger charge is 2.11. The van der Waals surface area contributed by atoms with Crippen molar-refractivity contribution in [2.75, 3.05) is 0 Å². The van der Waals surface area contributed by atoms with Gasteiger partial charge < -0.3 is 0 Å². The molecule has 2 aromatic carbocycles. The minimum absolute atomic E-state index is 0.0931. The molecule has 0 bridgehead atoms. The number of hydrogen-bond acceptors (Lipinski definition) is 0. The Morgan fingerprint density at radius 1 is 1.06 bits per heavy atom. The Bertz CT molecular complexity index is 532. The van der Waals surface area contributed by atoms with E-state index in [-0.39, 0.29) is 4.83 Å². The van der Waals surface area contributed by atoms with Gasteiger partial charge in [0.25, 0.3) is 0 Å². The topological polar surface area (TPSA) is 0 Å². The van der Waals surface area contributed by atoms with Gasteiger partial charge in [-0.15, -0.1) is 0 Å². The average molecular weight is 311 g/mol. The van der Waals surface area contributed by atoms with Crippen molar-refractivity contribution in [3.63, 3.8) is 0 Å². The molecule has 94 valence electrons. The van der Waals surface area contributed by atoms with E-state index in [1.54, 1.807) is 0 Å². The van der Waals surface area contributed by atoms with Crippen LogP contribution in [-0.4, -0.2) is 0 Å². The third-order valence-corrected chi connectivity index (χ3v) is 3.60. The third-order valence-electron chi connectivity index (χ3n) is 2.74. The van der Waals surface area contributed by atoms with Crippen LogP contribution in [-0.2, 0) is 6.42 Å². The van der Waals surface area contributed by atoms with Crippen molar-refractivity contribution in [2.45, 2.75) is 18.2 Å². The smallest absolute Gasteiger partial charge is 0.126 e. The molecule has 0 heterocycles. The molecule has 2 rings (SSSR count). The predicted molar refractivity (Wildman–Crippen MR) is 72.9 cm³/mol. The Kier molecular flexibility index (Phi) is 4.12. The zero-order valence-electron chi connectivity index (χ0n) is 9.96. The summed E-state index contributed by atoms with van der Waals surface area (Å²) in [6.45, 7) is 2.02. The van der Waals surface area contributed by atoms with Gasteiger partial charge in [0.15, 0.2) is 0 Å². The Morgan fingerprint density at radius 3 is 2.33 bits per heavy atom. The van der Waals surface area contributed by atoms with E-state index >= 15 is 0 Å². The largest absolute Gasteiger partial charge is 0.207 e. The molecule has 0 spiro atoms. The van der Waals surface area contributed by atoms with Crippen molar-refractivity contribution < 1.29 is 8.78 Å². The molecule has 0 aliphatic heterocycles. The first-order valence-corrected chi connectivity index (χ1v) is 6.62. The van der Waals surface area contributed by atoms with Crippen LogP contribution in [0.4, 0.5) is 8.78 Å². The van der Waals surface area contributed by atoms with Gasteiger partial charge in [0.05, 0.1) is 0 Å². The second-order valence-electron chi connectivity index (χ2n) is 4.36. The molecule has 3 heteroatoms. The molecule has 0 nitrogen and oxygen atoms in total. The third kappa shape index (κ3) is 3.39. The SMILES string of the molecule is Cc1cccc(CC(Br)c2cc(F)cc(F)c2)c1. The minimum atomic E-state index is -0.543. The number of alkyl halides is 1. The van der Waals surface area contributed by atoms with E-state index in [1.165, 1.54) is 17.7 Å². The second-order valence-corrected chi connectivity index (χ2v) is 5.47. The molecular formula is C15H13BrF2. The lowest BCUT2D eigenvalue weighted by Gasteiger charge is -2.11. The van der Waals surface area contributed by atoms with Crippen LogP contribution in [0.5, 0.6) is 0 Å². The molecule has 0 aliphatic rings. The highest BCUT2D eigenvalue weighted by molar-refractivity contribution is 9.09. The van der Waals surface area contributed by atoms with E-state index in [1.807, 2.05) is 25.1 Å². The van der Waals surface area contributed by atoms with Crippen molar-refractivity contribution in [1.29, 1.82) is 0 Å². The van der Waals surface area contributed by atoms with E-state index in [2.05, 4.69) is 22.0 Å². The molecule has 1 unspecified atom stereocenters. The maximum Gasteiger partial charge on any atom is 0.126 e. The minimum Gasteiger partial charge on any atom is -0.207 e. The quantitative estimate of drug-likeness (QED) is 0.703. The van der Waals surface area contributed by atoms with Gasteiger partial charge in [-0.1, -0.05) is 45.8 Å². The van der Waals surface area contributed by atoms with Crippen LogP contribution in [0.1, 0.15) is 21.5 Å². The second kappa shape index (κ2) is 5.61. The van der Waals surface area contributed by atoms with Crippen molar-refractivity contribution in [2.24, 2.45) is 0 Å². The van der Waals surface area contributed by atoms with E-state index in [0.29, 0.717) is 12.0 Å². The summed E-state index contributed by atoms with van der Waals surface area (Å²) >= 11 is 3.48. The Labute approximate surface area is 114 Å². The highest BCUT2D eigenvalue weighted by Crippen LogP contribution is 2.28. The molecule has 0 fully saturated rings. The fourth-order valence-electron chi connectivity index (χ4n) is 1.92. The number of aryl methyl sites for hydroxylation is 1. The molecule has 0 aromatic heterocycles. The Morgan fingerprint density at radius 2 is 1.72 bits per heavy atom. The lowest BCUT2D eigenvalue weighted by atomic mass is 10.0. The molecule has 0 saturated heterocycles. The Balaban J connectivity index is 2.19. The maximum absolute atomic E-state index is 13.1. The van der Waals surface area contributed by atoms with Crippen LogP contribution < -0.4 is 0 Å². The van der Waals surface area contributed by atoms with Crippen LogP contribution in [0.25, 0.3) is 0 Å². The summed E-state index contributed by atoms with van der Waals surface area (Å²) in [5.41, 5.74) is 2.94. The van der Waals surface area contributed by atoms with Gasteiger partial charge in [-0.3, -0.25) is 0 Å². The summed E-state index contributed by atoms with van der Waals surface area (Å²) in [5.74, 6) is -1.09. The zero-order chi connectivity index (χ0) is 13.1. The molecular weight excluding hydrogens is 298 g/mol. The first-order valence-electron chi connectivity index (χ1n) is 5.70. The van der Waals surface area contributed by atoms with Gasteiger partial charge >= 0.3 is 0 Å². The number of benzene rings is 2. The molecule has 1 atom stereocenters. The molecule has 0 radical (unpaired) electrons. The van der Waals surface area contributed by atoms with Gasteiger partial charge in [-0.25, -0.2) is 8.78 Å². The number of hydrogen-bond donors (Lipinski definition) is 0. The van der Waals surface area contributed by atoms with Crippen LogP contribution in [0.3, 0.4) is 0 Å². The monoisotopic (exact) mass is 310 g/mol. The van der Waals surface area contributed by atoms with Crippen LogP contribution >= 0.6 is 15.9 Å². The summed E-state index contributed by atoms with van der Waals surface area (Å²) in [5, 5.41) is 0. The zero-order valence-corrected chi connectivity index (χ0v) is 11.5. The summed E-state index contributed by atoms with van der Waals surface area (Å²) in [6.07, 6.45) is 0.699. The molecule has 0 amide bonds. The van der Waals surface area contributed by atoms with E-state index in [9.17, 15) is 8.78 Å². The summed E-state index contributed by atoms with van der Waals surface area (Å²) in [7, 11) is 0. The standard InChI is InChI=1S/C15H13BrF2/c1-10-3-2-4-11(5-10)6-15(16)12-7-13(17)9-14(18)8-12/h2-5,7-9,15H,6H2,1H3. The Hall–Kier alpha value is -1.22. The lowest BCUT2D eigenvalue weighted by molar-refractivity contribution is 0.579. The lowest BCUT2D eigenvalue weighted by Crippen LogP contribution is -1.97. The van der Waals surface area contributed by atoms with Gasteiger partial charge in [0, 0.05) is 10.9 Å². The normalized spacial score (nSPS) is 12.4. The first kappa shape index (κ1) is 13.2. The molecule has 0 saturated carbocycles. The van der Waals surface area contributed by atoms with Gasteiger partial charge in [-0.2, -0.15) is 0 Å². The highest BCUT2D eigenvalue weighted by atomic mass is 79.9. The summed E-state index contributed by atoms with van der Waals surface area (Å²) < 4.78 is 26.3. The predicted octanol–water partition coefficient (Wildman–Crippen LogP) is 4.95. The average Bonchev–Trinajstić information content (AvgIpc) is 2.27. The van der Waals surface area contributed by atoms with Gasteiger partial charge in [0.2, 0.25) is 0 Å². The van der Waals surface area contributed by atoms with Gasteiger partial charge in [0.1, 0.15) is 11.6 Å². The van der Waals surface area contributed by atoms with Crippen LogP contribution in [0.2, 0.25) is 0 Å². The van der Waals surface area contributed by atoms with Crippen molar-refractivity contribution in [3.05, 3.63) is 70.8 Å². The van der Waals surface area contributed by atoms with Crippen molar-refractivity contribution >= 4 is 15.9 Å². The van der Waals surface area contributed by atoms with Crippen LogP contribution in [0, 0.1) is 18.6 Å². The maximum atomic E-state index is 13.1.